The number of anilines is 1. The average molecular weight is 238 g/mol. The summed E-state index contributed by atoms with van der Waals surface area (Å²) in [7, 11) is 0. The molecular formula is C10H14N4OS. The molecule has 1 saturated heterocycles. The number of amides is 1. The Morgan fingerprint density at radius 1 is 1.50 bits per heavy atom. The number of nitrogens with two attached hydrogens (primary N) is 1. The van der Waals surface area contributed by atoms with Gasteiger partial charge in [-0.2, -0.15) is 11.8 Å². The molecule has 1 fully saturated rings. The molecule has 16 heavy (non-hydrogen) atoms. The quantitative estimate of drug-likeness (QED) is 0.792. The van der Waals surface area contributed by atoms with Gasteiger partial charge in [0.1, 0.15) is 5.82 Å². The van der Waals surface area contributed by atoms with Crippen LogP contribution in [0.15, 0.2) is 12.1 Å². The molecule has 0 radical (unpaired) electrons. The molecule has 1 aromatic rings. The summed E-state index contributed by atoms with van der Waals surface area (Å²) in [6.45, 7) is 0. The molecule has 2 heterocycles. The predicted octanol–water partition coefficient (Wildman–Crippen LogP) is 0.684. The van der Waals surface area contributed by atoms with E-state index in [2.05, 4.69) is 15.5 Å². The van der Waals surface area contributed by atoms with Gasteiger partial charge in [-0.25, -0.2) is 0 Å². The summed E-state index contributed by atoms with van der Waals surface area (Å²) >= 11 is 1.87. The first-order valence-corrected chi connectivity index (χ1v) is 6.39. The number of hydrogen-bond donors (Lipinski definition) is 2. The topological polar surface area (TPSA) is 80.9 Å². The fourth-order valence-corrected chi connectivity index (χ4v) is 2.65. The normalized spacial score (nSPS) is 20.4. The summed E-state index contributed by atoms with van der Waals surface area (Å²) < 4.78 is 0. The SMILES string of the molecule is Nc1ccc(C(=O)NC2CCCSC2)nn1. The van der Waals surface area contributed by atoms with Gasteiger partial charge < -0.3 is 11.1 Å². The Hall–Kier alpha value is -1.30. The van der Waals surface area contributed by atoms with Gasteiger partial charge in [0.15, 0.2) is 5.69 Å². The maximum absolute atomic E-state index is 11.8. The third-order valence-corrected chi connectivity index (χ3v) is 3.63. The van der Waals surface area contributed by atoms with Crippen molar-refractivity contribution in [2.45, 2.75) is 18.9 Å². The van der Waals surface area contributed by atoms with E-state index in [1.807, 2.05) is 11.8 Å². The smallest absolute Gasteiger partial charge is 0.272 e. The lowest BCUT2D eigenvalue weighted by atomic mass is 10.2. The number of thioether (sulfide) groups is 1. The summed E-state index contributed by atoms with van der Waals surface area (Å²) in [4.78, 5) is 11.8. The molecule has 0 spiro atoms. The number of hydrogen-bond acceptors (Lipinski definition) is 5. The number of carbonyl (C=O) groups is 1. The third kappa shape index (κ3) is 2.85. The van der Waals surface area contributed by atoms with E-state index >= 15 is 0 Å². The van der Waals surface area contributed by atoms with Crippen molar-refractivity contribution in [1.82, 2.24) is 15.5 Å². The largest absolute Gasteiger partial charge is 0.382 e. The van der Waals surface area contributed by atoms with E-state index in [0.29, 0.717) is 11.5 Å². The van der Waals surface area contributed by atoms with E-state index in [9.17, 15) is 4.79 Å². The first-order valence-electron chi connectivity index (χ1n) is 5.23. The van der Waals surface area contributed by atoms with E-state index in [4.69, 9.17) is 5.73 Å². The Kier molecular flexibility index (Phi) is 3.61. The van der Waals surface area contributed by atoms with Gasteiger partial charge in [-0.15, -0.1) is 10.2 Å². The lowest BCUT2D eigenvalue weighted by molar-refractivity contribution is 0.0932. The van der Waals surface area contributed by atoms with E-state index < -0.39 is 0 Å². The molecule has 1 unspecified atom stereocenters. The molecule has 1 aliphatic heterocycles. The second-order valence-electron chi connectivity index (χ2n) is 3.73. The Labute approximate surface area is 98.2 Å². The van der Waals surface area contributed by atoms with Gasteiger partial charge in [-0.1, -0.05) is 0 Å². The monoisotopic (exact) mass is 238 g/mol. The number of rotatable bonds is 2. The van der Waals surface area contributed by atoms with Gasteiger partial charge in [0.2, 0.25) is 0 Å². The first kappa shape index (κ1) is 11.2. The zero-order chi connectivity index (χ0) is 11.4. The second kappa shape index (κ2) is 5.16. The molecule has 1 aromatic heterocycles. The van der Waals surface area contributed by atoms with E-state index in [-0.39, 0.29) is 11.9 Å². The summed E-state index contributed by atoms with van der Waals surface area (Å²) in [5.74, 6) is 2.33. The van der Waals surface area contributed by atoms with Crippen LogP contribution in [0.5, 0.6) is 0 Å². The standard InChI is InChI=1S/C10H14N4OS/c11-9-4-3-8(13-14-9)10(15)12-7-2-1-5-16-6-7/h3-4,7H,1-2,5-6H2,(H2,11,14)(H,12,15). The molecule has 3 N–H and O–H groups in total. The van der Waals surface area contributed by atoms with Gasteiger partial charge in [0.05, 0.1) is 0 Å². The highest BCUT2D eigenvalue weighted by Crippen LogP contribution is 2.17. The summed E-state index contributed by atoms with van der Waals surface area (Å²) in [5.41, 5.74) is 5.73. The molecule has 86 valence electrons. The first-order chi connectivity index (χ1) is 7.75. The molecule has 1 amide bonds. The van der Waals surface area contributed by atoms with Crippen molar-refractivity contribution in [1.29, 1.82) is 0 Å². The molecule has 0 aliphatic carbocycles. The molecule has 0 bridgehead atoms. The Balaban J connectivity index is 1.94. The van der Waals surface area contributed by atoms with Crippen molar-refractivity contribution in [3.8, 4) is 0 Å². The number of aromatic nitrogens is 2. The van der Waals surface area contributed by atoms with Gasteiger partial charge in [-0.05, 0) is 30.7 Å². The Bertz CT molecular complexity index is 362. The molecule has 5 nitrogen and oxygen atoms in total. The number of nitrogen functional groups attached to an aromatic ring is 1. The van der Waals surface area contributed by atoms with E-state index in [0.717, 1.165) is 18.6 Å². The number of nitrogens with one attached hydrogen (secondary N) is 1. The van der Waals surface area contributed by atoms with Crippen LogP contribution in [-0.2, 0) is 0 Å². The molecule has 1 aliphatic rings. The van der Waals surface area contributed by atoms with Crippen LogP contribution in [0.4, 0.5) is 5.82 Å². The van der Waals surface area contributed by atoms with Crippen LogP contribution in [-0.4, -0.2) is 33.7 Å². The van der Waals surface area contributed by atoms with E-state index in [1.54, 1.807) is 12.1 Å². The zero-order valence-corrected chi connectivity index (χ0v) is 9.67. The summed E-state index contributed by atoms with van der Waals surface area (Å²) in [6, 6.07) is 3.43. The van der Waals surface area contributed by atoms with Crippen LogP contribution in [0, 0.1) is 0 Å². The Morgan fingerprint density at radius 3 is 3.00 bits per heavy atom. The lowest BCUT2D eigenvalue weighted by Crippen LogP contribution is -2.38. The van der Waals surface area contributed by atoms with Crippen LogP contribution >= 0.6 is 11.8 Å². The van der Waals surface area contributed by atoms with E-state index in [1.165, 1.54) is 5.75 Å². The van der Waals surface area contributed by atoms with Gasteiger partial charge in [-0.3, -0.25) is 4.79 Å². The van der Waals surface area contributed by atoms with Crippen molar-refractivity contribution >= 4 is 23.5 Å². The lowest BCUT2D eigenvalue weighted by Gasteiger charge is -2.22. The van der Waals surface area contributed by atoms with Crippen LogP contribution < -0.4 is 11.1 Å². The minimum Gasteiger partial charge on any atom is -0.382 e. The fraction of sp³-hybridized carbons (Fsp3) is 0.500. The van der Waals surface area contributed by atoms with Crippen molar-refractivity contribution in [2.75, 3.05) is 17.2 Å². The van der Waals surface area contributed by atoms with Gasteiger partial charge in [0.25, 0.3) is 5.91 Å². The van der Waals surface area contributed by atoms with Crippen molar-refractivity contribution < 1.29 is 4.79 Å². The van der Waals surface area contributed by atoms with Crippen LogP contribution in [0.3, 0.4) is 0 Å². The number of carbonyl (C=O) groups excluding carboxylic acids is 1. The van der Waals surface area contributed by atoms with Crippen LogP contribution in [0.25, 0.3) is 0 Å². The van der Waals surface area contributed by atoms with Crippen molar-refractivity contribution in [3.05, 3.63) is 17.8 Å². The minimum atomic E-state index is -0.167. The highest BCUT2D eigenvalue weighted by atomic mass is 32.2. The second-order valence-corrected chi connectivity index (χ2v) is 4.88. The molecule has 1 atom stereocenters. The molecule has 2 rings (SSSR count). The van der Waals surface area contributed by atoms with Gasteiger partial charge >= 0.3 is 0 Å². The average Bonchev–Trinajstić information content (AvgIpc) is 2.31. The molecule has 6 heteroatoms. The molecule has 0 aromatic carbocycles. The van der Waals surface area contributed by atoms with Gasteiger partial charge in [0, 0.05) is 11.8 Å². The van der Waals surface area contributed by atoms with Crippen molar-refractivity contribution in [2.24, 2.45) is 0 Å². The maximum atomic E-state index is 11.8. The predicted molar refractivity (Wildman–Crippen MR) is 64.3 cm³/mol. The molecular weight excluding hydrogens is 224 g/mol. The number of nitrogens with zero attached hydrogens (tertiary/aromatic N) is 2. The molecule has 0 saturated carbocycles. The maximum Gasteiger partial charge on any atom is 0.272 e. The zero-order valence-electron chi connectivity index (χ0n) is 8.85. The highest BCUT2D eigenvalue weighted by molar-refractivity contribution is 7.99. The highest BCUT2D eigenvalue weighted by Gasteiger charge is 2.17. The third-order valence-electron chi connectivity index (χ3n) is 2.41. The van der Waals surface area contributed by atoms with Crippen LogP contribution in [0.1, 0.15) is 23.3 Å². The fourth-order valence-electron chi connectivity index (χ4n) is 1.58. The van der Waals surface area contributed by atoms with Crippen molar-refractivity contribution in [3.63, 3.8) is 0 Å². The summed E-state index contributed by atoms with van der Waals surface area (Å²) in [5, 5.41) is 10.4. The van der Waals surface area contributed by atoms with Crippen LogP contribution in [0.2, 0.25) is 0 Å². The minimum absolute atomic E-state index is 0.167. The Morgan fingerprint density at radius 2 is 2.38 bits per heavy atom. The summed E-state index contributed by atoms with van der Waals surface area (Å²) in [6.07, 6.45) is 2.20.